The predicted octanol–water partition coefficient (Wildman–Crippen LogP) is 2.61. The molecule has 0 heterocycles. The van der Waals surface area contributed by atoms with Crippen LogP contribution in [0.1, 0.15) is 0 Å². The van der Waals surface area contributed by atoms with Crippen LogP contribution in [0, 0.1) is 5.82 Å². The topological polar surface area (TPSA) is 44.8 Å². The van der Waals surface area contributed by atoms with E-state index in [9.17, 15) is 8.96 Å². The largest absolute Gasteiger partial charge is 0.529 e. The van der Waals surface area contributed by atoms with Crippen molar-refractivity contribution in [2.45, 2.75) is 0 Å². The van der Waals surface area contributed by atoms with Gasteiger partial charge in [0.15, 0.2) is 0 Å². The Labute approximate surface area is 81.2 Å². The minimum Gasteiger partial charge on any atom is -0.404 e. The summed E-state index contributed by atoms with van der Waals surface area (Å²) in [5, 5.41) is 0. The van der Waals surface area contributed by atoms with Crippen LogP contribution in [0.5, 0.6) is 5.75 Å². The van der Waals surface area contributed by atoms with E-state index in [1.165, 1.54) is 38.5 Å². The third-order valence-electron chi connectivity index (χ3n) is 1.48. The summed E-state index contributed by atoms with van der Waals surface area (Å²) >= 11 is 0. The van der Waals surface area contributed by atoms with Crippen LogP contribution in [0.2, 0.25) is 0 Å². The molecule has 0 unspecified atom stereocenters. The number of rotatable bonds is 4. The number of hydrogen-bond donors (Lipinski definition) is 0. The van der Waals surface area contributed by atoms with Crippen LogP contribution < -0.4 is 4.52 Å². The van der Waals surface area contributed by atoms with Crippen LogP contribution in [0.4, 0.5) is 4.39 Å². The summed E-state index contributed by atoms with van der Waals surface area (Å²) in [5.41, 5.74) is 0. The molecular weight excluding hydrogens is 210 g/mol. The summed E-state index contributed by atoms with van der Waals surface area (Å²) < 4.78 is 37.9. The lowest BCUT2D eigenvalue weighted by Gasteiger charge is -2.13. The molecule has 0 fully saturated rings. The second-order valence-corrected chi connectivity index (χ2v) is 4.16. The van der Waals surface area contributed by atoms with E-state index in [4.69, 9.17) is 4.52 Å². The summed E-state index contributed by atoms with van der Waals surface area (Å²) in [5.74, 6) is -0.180. The summed E-state index contributed by atoms with van der Waals surface area (Å²) in [7, 11) is -1.14. The first-order chi connectivity index (χ1) is 6.59. The molecule has 1 aromatic carbocycles. The average Bonchev–Trinajstić information content (AvgIpc) is 2.21. The Hall–Kier alpha value is -0.900. The van der Waals surface area contributed by atoms with E-state index >= 15 is 0 Å². The van der Waals surface area contributed by atoms with Gasteiger partial charge in [-0.15, -0.1) is 0 Å². The molecule has 1 aromatic rings. The number of benzene rings is 1. The van der Waals surface area contributed by atoms with E-state index < -0.39 is 13.6 Å². The van der Waals surface area contributed by atoms with Crippen LogP contribution in [0.25, 0.3) is 0 Å². The van der Waals surface area contributed by atoms with E-state index in [2.05, 4.69) is 9.05 Å². The van der Waals surface area contributed by atoms with Gasteiger partial charge in [-0.05, 0) is 24.3 Å². The Morgan fingerprint density at radius 2 is 1.64 bits per heavy atom. The molecule has 78 valence electrons. The lowest BCUT2D eigenvalue weighted by atomic mass is 10.3. The van der Waals surface area contributed by atoms with Crippen molar-refractivity contribution in [1.29, 1.82) is 0 Å². The summed E-state index contributed by atoms with van der Waals surface area (Å²) in [4.78, 5) is 0. The van der Waals surface area contributed by atoms with Crippen molar-refractivity contribution >= 4 is 7.82 Å². The number of phosphoric acid groups is 1. The van der Waals surface area contributed by atoms with E-state index in [-0.39, 0.29) is 5.75 Å². The van der Waals surface area contributed by atoms with Crippen LogP contribution in [-0.2, 0) is 13.6 Å². The van der Waals surface area contributed by atoms with Gasteiger partial charge in [-0.1, -0.05) is 0 Å². The number of hydrogen-bond acceptors (Lipinski definition) is 4. The maximum absolute atomic E-state index is 12.5. The van der Waals surface area contributed by atoms with Gasteiger partial charge in [-0.3, -0.25) is 9.05 Å². The Balaban J connectivity index is 2.78. The molecule has 0 aromatic heterocycles. The second kappa shape index (κ2) is 4.55. The maximum Gasteiger partial charge on any atom is 0.529 e. The molecule has 0 amide bonds. The smallest absolute Gasteiger partial charge is 0.404 e. The highest BCUT2D eigenvalue weighted by atomic mass is 31.2. The molecule has 0 saturated heterocycles. The fourth-order valence-electron chi connectivity index (χ4n) is 0.774. The van der Waals surface area contributed by atoms with Gasteiger partial charge in [0.1, 0.15) is 11.6 Å². The minimum atomic E-state index is -3.54. The highest BCUT2D eigenvalue weighted by Gasteiger charge is 2.24. The molecule has 0 aliphatic carbocycles. The van der Waals surface area contributed by atoms with Gasteiger partial charge in [0.05, 0.1) is 0 Å². The first kappa shape index (κ1) is 11.2. The van der Waals surface area contributed by atoms with Gasteiger partial charge in [-0.25, -0.2) is 8.96 Å². The third kappa shape index (κ3) is 2.80. The molecule has 6 heteroatoms. The highest BCUT2D eigenvalue weighted by Crippen LogP contribution is 2.47. The van der Waals surface area contributed by atoms with Gasteiger partial charge < -0.3 is 4.52 Å². The van der Waals surface area contributed by atoms with Crippen molar-refractivity contribution in [2.24, 2.45) is 0 Å². The van der Waals surface area contributed by atoms with Crippen molar-refractivity contribution in [3.8, 4) is 5.75 Å². The number of phosphoric ester groups is 1. The lowest BCUT2D eigenvalue weighted by molar-refractivity contribution is 0.211. The molecule has 0 aliphatic rings. The van der Waals surface area contributed by atoms with E-state index in [1.807, 2.05) is 0 Å². The lowest BCUT2D eigenvalue weighted by Crippen LogP contribution is -1.96. The maximum atomic E-state index is 12.5. The molecule has 14 heavy (non-hydrogen) atoms. The molecule has 0 saturated carbocycles. The van der Waals surface area contributed by atoms with E-state index in [0.29, 0.717) is 0 Å². The van der Waals surface area contributed by atoms with Crippen molar-refractivity contribution in [3.05, 3.63) is 30.1 Å². The zero-order valence-electron chi connectivity index (χ0n) is 7.77. The molecule has 0 atom stereocenters. The van der Waals surface area contributed by atoms with Gasteiger partial charge in [0.2, 0.25) is 0 Å². The standard InChI is InChI=1S/C8H10FO4P/c1-11-14(10,12-2)13-8-5-3-7(9)4-6-8/h3-6H,1-2H3. The quantitative estimate of drug-likeness (QED) is 0.731. The number of halogens is 1. The molecule has 0 bridgehead atoms. The van der Waals surface area contributed by atoms with E-state index in [1.54, 1.807) is 0 Å². The molecule has 0 aliphatic heterocycles. The van der Waals surface area contributed by atoms with Crippen molar-refractivity contribution in [2.75, 3.05) is 14.2 Å². The summed E-state index contributed by atoms with van der Waals surface area (Å²) in [6, 6.07) is 5.04. The highest BCUT2D eigenvalue weighted by molar-refractivity contribution is 7.48. The Morgan fingerprint density at radius 3 is 2.07 bits per heavy atom. The Bertz CT molecular complexity index is 330. The van der Waals surface area contributed by atoms with Gasteiger partial charge in [0.25, 0.3) is 0 Å². The summed E-state index contributed by atoms with van der Waals surface area (Å²) in [6.45, 7) is 0. The fourth-order valence-corrected chi connectivity index (χ4v) is 1.45. The van der Waals surface area contributed by atoms with Crippen molar-refractivity contribution < 1.29 is 22.5 Å². The normalized spacial score (nSPS) is 11.4. The van der Waals surface area contributed by atoms with Crippen molar-refractivity contribution in [3.63, 3.8) is 0 Å². The molecule has 4 nitrogen and oxygen atoms in total. The molecule has 0 N–H and O–H groups in total. The Kier molecular flexibility index (Phi) is 3.63. The summed E-state index contributed by atoms with van der Waals surface area (Å²) in [6.07, 6.45) is 0. The van der Waals surface area contributed by atoms with Crippen LogP contribution in [0.3, 0.4) is 0 Å². The average molecular weight is 220 g/mol. The predicted molar refractivity (Wildman–Crippen MR) is 48.7 cm³/mol. The molecular formula is C8H10FO4P. The molecule has 0 spiro atoms. The second-order valence-electron chi connectivity index (χ2n) is 2.36. The fraction of sp³-hybridized carbons (Fsp3) is 0.250. The van der Waals surface area contributed by atoms with Crippen LogP contribution in [-0.4, -0.2) is 14.2 Å². The monoisotopic (exact) mass is 220 g/mol. The minimum absolute atomic E-state index is 0.221. The zero-order chi connectivity index (χ0) is 10.6. The molecule has 1 rings (SSSR count). The van der Waals surface area contributed by atoms with Crippen LogP contribution in [0.15, 0.2) is 24.3 Å². The van der Waals surface area contributed by atoms with Crippen molar-refractivity contribution in [1.82, 2.24) is 0 Å². The van der Waals surface area contributed by atoms with E-state index in [0.717, 1.165) is 0 Å². The Morgan fingerprint density at radius 1 is 1.14 bits per heavy atom. The molecule has 0 radical (unpaired) electrons. The third-order valence-corrected chi connectivity index (χ3v) is 2.81. The first-order valence-corrected chi connectivity index (χ1v) is 5.22. The van der Waals surface area contributed by atoms with Gasteiger partial charge in [0, 0.05) is 14.2 Å². The first-order valence-electron chi connectivity index (χ1n) is 3.76. The zero-order valence-corrected chi connectivity index (χ0v) is 8.66. The van der Waals surface area contributed by atoms with Crippen LogP contribution >= 0.6 is 7.82 Å². The van der Waals surface area contributed by atoms with Gasteiger partial charge in [-0.2, -0.15) is 0 Å². The van der Waals surface area contributed by atoms with Gasteiger partial charge >= 0.3 is 7.82 Å². The SMILES string of the molecule is COP(=O)(OC)Oc1ccc(F)cc1.